The molecular formula is C10H14BrN3O3S. The summed E-state index contributed by atoms with van der Waals surface area (Å²) >= 11 is 3.20. The summed E-state index contributed by atoms with van der Waals surface area (Å²) < 4.78 is 27.1. The molecule has 100 valence electrons. The number of nitrogens with zero attached hydrogens (tertiary/aromatic N) is 1. The second kappa shape index (κ2) is 6.17. The van der Waals surface area contributed by atoms with Crippen molar-refractivity contribution in [2.75, 3.05) is 0 Å². The number of nitrogens with two attached hydrogens (primary N) is 1. The Hall–Kier alpha value is -1.12. The van der Waals surface area contributed by atoms with E-state index in [9.17, 15) is 8.42 Å². The number of benzene rings is 1. The van der Waals surface area contributed by atoms with Crippen molar-refractivity contribution in [3.8, 4) is 0 Å². The monoisotopic (exact) mass is 335 g/mol. The third kappa shape index (κ3) is 3.69. The fourth-order valence-electron chi connectivity index (χ4n) is 1.31. The van der Waals surface area contributed by atoms with E-state index in [2.05, 4.69) is 25.8 Å². The minimum absolute atomic E-state index is 0.112. The van der Waals surface area contributed by atoms with E-state index in [1.54, 1.807) is 19.1 Å². The first kappa shape index (κ1) is 14.9. The molecule has 1 aromatic carbocycles. The summed E-state index contributed by atoms with van der Waals surface area (Å²) in [6.07, 6.45) is 0.378. The van der Waals surface area contributed by atoms with Crippen LogP contribution in [0.1, 0.15) is 13.3 Å². The van der Waals surface area contributed by atoms with Crippen LogP contribution in [0.2, 0.25) is 0 Å². The van der Waals surface area contributed by atoms with E-state index in [-0.39, 0.29) is 10.7 Å². The van der Waals surface area contributed by atoms with Gasteiger partial charge >= 0.3 is 0 Å². The fraction of sp³-hybridized carbons (Fsp3) is 0.300. The zero-order chi connectivity index (χ0) is 13.8. The molecule has 0 heterocycles. The molecule has 1 rings (SSSR count). The molecule has 1 aromatic rings. The van der Waals surface area contributed by atoms with E-state index in [0.29, 0.717) is 10.9 Å². The lowest BCUT2D eigenvalue weighted by Gasteiger charge is -2.15. The lowest BCUT2D eigenvalue weighted by molar-refractivity contribution is 0.315. The third-order valence-corrected chi connectivity index (χ3v) is 4.25. The maximum absolute atomic E-state index is 12.0. The lowest BCUT2D eigenvalue weighted by Crippen LogP contribution is -2.44. The van der Waals surface area contributed by atoms with Crippen LogP contribution in [0.25, 0.3) is 0 Å². The van der Waals surface area contributed by atoms with Crippen LogP contribution in [0, 0.1) is 0 Å². The first-order chi connectivity index (χ1) is 8.40. The van der Waals surface area contributed by atoms with Gasteiger partial charge in [-0.1, -0.05) is 34.1 Å². The Bertz CT molecular complexity index is 545. The van der Waals surface area contributed by atoms with Gasteiger partial charge in [-0.2, -0.15) is 0 Å². The normalized spacial score (nSPS) is 14.4. The molecule has 0 aliphatic heterocycles. The SMILES string of the molecule is CCC(NS(=O)(=O)c1cccc(Br)c1)/C(N)=N/O. The van der Waals surface area contributed by atoms with Gasteiger partial charge in [0, 0.05) is 4.47 Å². The van der Waals surface area contributed by atoms with Crippen LogP contribution in [0.15, 0.2) is 38.8 Å². The number of rotatable bonds is 5. The standard InChI is InChI=1S/C10H14BrN3O3S/c1-2-9(10(12)13-15)14-18(16,17)8-5-3-4-7(11)6-8/h3-6,9,14-15H,2H2,1H3,(H2,12,13). The van der Waals surface area contributed by atoms with Crippen LogP contribution in [0.3, 0.4) is 0 Å². The van der Waals surface area contributed by atoms with Gasteiger partial charge in [-0.05, 0) is 24.6 Å². The van der Waals surface area contributed by atoms with E-state index in [1.165, 1.54) is 12.1 Å². The molecule has 1 atom stereocenters. The van der Waals surface area contributed by atoms with Crippen molar-refractivity contribution in [3.63, 3.8) is 0 Å². The molecule has 0 amide bonds. The molecule has 0 spiro atoms. The predicted molar refractivity (Wildman–Crippen MR) is 72.0 cm³/mol. The van der Waals surface area contributed by atoms with Crippen molar-refractivity contribution in [2.24, 2.45) is 10.9 Å². The summed E-state index contributed by atoms with van der Waals surface area (Å²) in [6.45, 7) is 1.73. The average molecular weight is 336 g/mol. The van der Waals surface area contributed by atoms with Crippen molar-refractivity contribution < 1.29 is 13.6 Å². The number of nitrogens with one attached hydrogen (secondary N) is 1. The molecule has 6 nitrogen and oxygen atoms in total. The first-order valence-electron chi connectivity index (χ1n) is 5.16. The van der Waals surface area contributed by atoms with Crippen LogP contribution < -0.4 is 10.5 Å². The molecular weight excluding hydrogens is 322 g/mol. The Balaban J connectivity index is 3.01. The van der Waals surface area contributed by atoms with E-state index in [0.717, 1.165) is 0 Å². The van der Waals surface area contributed by atoms with Crippen molar-refractivity contribution >= 4 is 31.8 Å². The number of amidine groups is 1. The summed E-state index contributed by atoms with van der Waals surface area (Å²) in [5, 5.41) is 11.4. The van der Waals surface area contributed by atoms with Crippen LogP contribution in [-0.4, -0.2) is 25.5 Å². The largest absolute Gasteiger partial charge is 0.409 e. The van der Waals surface area contributed by atoms with Crippen LogP contribution in [0.5, 0.6) is 0 Å². The van der Waals surface area contributed by atoms with Gasteiger partial charge < -0.3 is 10.9 Å². The molecule has 18 heavy (non-hydrogen) atoms. The van der Waals surface area contributed by atoms with Crippen LogP contribution in [-0.2, 0) is 10.0 Å². The lowest BCUT2D eigenvalue weighted by atomic mass is 10.2. The van der Waals surface area contributed by atoms with E-state index >= 15 is 0 Å². The Morgan fingerprint density at radius 2 is 2.28 bits per heavy atom. The molecule has 1 unspecified atom stereocenters. The Morgan fingerprint density at radius 1 is 1.61 bits per heavy atom. The Morgan fingerprint density at radius 3 is 2.78 bits per heavy atom. The second-order valence-corrected chi connectivity index (χ2v) is 6.19. The van der Waals surface area contributed by atoms with Crippen molar-refractivity contribution in [1.82, 2.24) is 4.72 Å². The molecule has 0 saturated carbocycles. The maximum Gasteiger partial charge on any atom is 0.241 e. The molecule has 0 bridgehead atoms. The fourth-order valence-corrected chi connectivity index (χ4v) is 3.20. The van der Waals surface area contributed by atoms with Gasteiger partial charge in [-0.3, -0.25) is 0 Å². The first-order valence-corrected chi connectivity index (χ1v) is 7.43. The number of sulfonamides is 1. The smallest absolute Gasteiger partial charge is 0.241 e. The van der Waals surface area contributed by atoms with Gasteiger partial charge in [0.1, 0.15) is 0 Å². The average Bonchev–Trinajstić information content (AvgIpc) is 2.35. The molecule has 4 N–H and O–H groups in total. The summed E-state index contributed by atoms with van der Waals surface area (Å²) in [5.74, 6) is -0.170. The molecule has 0 aliphatic rings. The topological polar surface area (TPSA) is 105 Å². The quantitative estimate of drug-likeness (QED) is 0.326. The number of hydrogen-bond acceptors (Lipinski definition) is 4. The highest BCUT2D eigenvalue weighted by atomic mass is 79.9. The van der Waals surface area contributed by atoms with Gasteiger partial charge in [0.2, 0.25) is 10.0 Å². The van der Waals surface area contributed by atoms with Crippen LogP contribution >= 0.6 is 15.9 Å². The molecule has 0 saturated heterocycles. The summed E-state index contributed by atoms with van der Waals surface area (Å²) in [6, 6.07) is 5.54. The third-order valence-electron chi connectivity index (χ3n) is 2.28. The van der Waals surface area contributed by atoms with Gasteiger partial charge in [0.25, 0.3) is 0 Å². The van der Waals surface area contributed by atoms with E-state index < -0.39 is 16.1 Å². The van der Waals surface area contributed by atoms with Gasteiger partial charge in [-0.25, -0.2) is 13.1 Å². The molecule has 0 radical (unpaired) electrons. The highest BCUT2D eigenvalue weighted by Gasteiger charge is 2.21. The number of halogens is 1. The molecule has 0 aromatic heterocycles. The Kier molecular flexibility index (Phi) is 5.12. The summed E-state index contributed by atoms with van der Waals surface area (Å²) in [5.41, 5.74) is 5.41. The summed E-state index contributed by atoms with van der Waals surface area (Å²) in [4.78, 5) is 0.112. The van der Waals surface area contributed by atoms with Gasteiger partial charge in [0.15, 0.2) is 5.84 Å². The molecule has 0 aliphatic carbocycles. The number of oxime groups is 1. The summed E-state index contributed by atoms with van der Waals surface area (Å²) in [7, 11) is -3.70. The minimum Gasteiger partial charge on any atom is -0.409 e. The zero-order valence-electron chi connectivity index (χ0n) is 9.67. The van der Waals surface area contributed by atoms with Gasteiger partial charge in [-0.15, -0.1) is 0 Å². The van der Waals surface area contributed by atoms with Crippen LogP contribution in [0.4, 0.5) is 0 Å². The van der Waals surface area contributed by atoms with E-state index in [1.807, 2.05) is 0 Å². The van der Waals surface area contributed by atoms with Crippen molar-refractivity contribution in [3.05, 3.63) is 28.7 Å². The highest BCUT2D eigenvalue weighted by Crippen LogP contribution is 2.16. The number of hydrogen-bond donors (Lipinski definition) is 3. The predicted octanol–water partition coefficient (Wildman–Crippen LogP) is 1.25. The Labute approximate surface area is 114 Å². The van der Waals surface area contributed by atoms with Gasteiger partial charge in [0.05, 0.1) is 10.9 Å². The van der Waals surface area contributed by atoms with Crippen molar-refractivity contribution in [2.45, 2.75) is 24.3 Å². The zero-order valence-corrected chi connectivity index (χ0v) is 12.1. The molecule has 0 fully saturated rings. The van der Waals surface area contributed by atoms with E-state index in [4.69, 9.17) is 10.9 Å². The molecule has 8 heteroatoms. The maximum atomic E-state index is 12.0. The minimum atomic E-state index is -3.70. The highest BCUT2D eigenvalue weighted by molar-refractivity contribution is 9.10. The second-order valence-electron chi connectivity index (χ2n) is 3.56. The van der Waals surface area contributed by atoms with Crippen molar-refractivity contribution in [1.29, 1.82) is 0 Å².